The molecule has 0 radical (unpaired) electrons. The first-order chi connectivity index (χ1) is 9.24. The zero-order chi connectivity index (χ0) is 13.7. The van der Waals surface area contributed by atoms with Crippen LogP contribution in [0.25, 0.3) is 0 Å². The minimum absolute atomic E-state index is 0.335. The first kappa shape index (κ1) is 14.1. The summed E-state index contributed by atoms with van der Waals surface area (Å²) in [6.07, 6.45) is 7.36. The third-order valence-electron chi connectivity index (χ3n) is 3.64. The molecule has 0 spiro atoms. The second kappa shape index (κ2) is 6.73. The number of ether oxygens (including phenoxy) is 1. The van der Waals surface area contributed by atoms with E-state index in [-0.39, 0.29) is 0 Å². The maximum absolute atomic E-state index is 6.12. The van der Waals surface area contributed by atoms with Crippen molar-refractivity contribution in [2.45, 2.75) is 65.4 Å². The number of nitrogens with zero attached hydrogens (tertiary/aromatic N) is 2. The maximum atomic E-state index is 6.12. The molecular formula is C15H25N3O. The first-order valence-corrected chi connectivity index (χ1v) is 7.52. The monoisotopic (exact) mass is 263 g/mol. The van der Waals surface area contributed by atoms with Gasteiger partial charge in [0.25, 0.3) is 0 Å². The van der Waals surface area contributed by atoms with Gasteiger partial charge in [0.15, 0.2) is 0 Å². The SMILES string of the molecule is CCNc1nc(CC)nc(OC2CCCCC2)c1C. The highest BCUT2D eigenvalue weighted by molar-refractivity contribution is 5.48. The van der Waals surface area contributed by atoms with Gasteiger partial charge in [0, 0.05) is 13.0 Å². The van der Waals surface area contributed by atoms with E-state index in [1.165, 1.54) is 19.3 Å². The summed E-state index contributed by atoms with van der Waals surface area (Å²) in [7, 11) is 0. The first-order valence-electron chi connectivity index (χ1n) is 7.52. The van der Waals surface area contributed by atoms with E-state index in [2.05, 4.69) is 29.1 Å². The van der Waals surface area contributed by atoms with Gasteiger partial charge >= 0.3 is 0 Å². The third kappa shape index (κ3) is 3.58. The van der Waals surface area contributed by atoms with Crippen molar-refractivity contribution in [3.8, 4) is 5.88 Å². The van der Waals surface area contributed by atoms with Crippen molar-refractivity contribution in [2.75, 3.05) is 11.9 Å². The lowest BCUT2D eigenvalue weighted by Gasteiger charge is -2.24. The van der Waals surface area contributed by atoms with Gasteiger partial charge in [-0.05, 0) is 39.5 Å². The number of nitrogens with one attached hydrogen (secondary N) is 1. The highest BCUT2D eigenvalue weighted by Crippen LogP contribution is 2.27. The van der Waals surface area contributed by atoms with Crippen molar-refractivity contribution < 1.29 is 4.74 Å². The van der Waals surface area contributed by atoms with Gasteiger partial charge in [0.2, 0.25) is 5.88 Å². The fourth-order valence-electron chi connectivity index (χ4n) is 2.49. The van der Waals surface area contributed by atoms with Crippen LogP contribution in [0.2, 0.25) is 0 Å². The molecule has 0 aromatic carbocycles. The Bertz CT molecular complexity index is 414. The molecule has 0 aliphatic heterocycles. The Kier molecular flexibility index (Phi) is 5.00. The maximum Gasteiger partial charge on any atom is 0.222 e. The largest absolute Gasteiger partial charge is 0.474 e. The molecule has 1 N–H and O–H groups in total. The van der Waals surface area contributed by atoms with Crippen LogP contribution in [0.3, 0.4) is 0 Å². The van der Waals surface area contributed by atoms with Crippen LogP contribution in [0.4, 0.5) is 5.82 Å². The molecule has 0 bridgehead atoms. The van der Waals surface area contributed by atoms with Crippen LogP contribution in [0.5, 0.6) is 5.88 Å². The Morgan fingerprint density at radius 1 is 1.16 bits per heavy atom. The standard InChI is InChI=1S/C15H25N3O/c1-4-13-17-14(16-5-2)11(3)15(18-13)19-12-9-7-6-8-10-12/h12H,4-10H2,1-3H3,(H,16,17,18). The summed E-state index contributed by atoms with van der Waals surface area (Å²) in [6.45, 7) is 7.05. The van der Waals surface area contributed by atoms with Crippen LogP contribution >= 0.6 is 0 Å². The van der Waals surface area contributed by atoms with Gasteiger partial charge in [0.1, 0.15) is 17.7 Å². The number of hydrogen-bond donors (Lipinski definition) is 1. The number of rotatable bonds is 5. The predicted molar refractivity (Wildman–Crippen MR) is 77.8 cm³/mol. The summed E-state index contributed by atoms with van der Waals surface area (Å²) in [5.74, 6) is 2.54. The van der Waals surface area contributed by atoms with Gasteiger partial charge < -0.3 is 10.1 Å². The molecule has 19 heavy (non-hydrogen) atoms. The zero-order valence-electron chi connectivity index (χ0n) is 12.3. The van der Waals surface area contributed by atoms with Gasteiger partial charge in [-0.15, -0.1) is 0 Å². The summed E-state index contributed by atoms with van der Waals surface area (Å²) in [6, 6.07) is 0. The van der Waals surface area contributed by atoms with Gasteiger partial charge in [-0.1, -0.05) is 13.3 Å². The molecule has 1 fully saturated rings. The summed E-state index contributed by atoms with van der Waals surface area (Å²) in [5, 5.41) is 3.30. The van der Waals surface area contributed by atoms with Crippen molar-refractivity contribution in [1.29, 1.82) is 0 Å². The minimum Gasteiger partial charge on any atom is -0.474 e. The molecule has 1 aliphatic rings. The van der Waals surface area contributed by atoms with Crippen LogP contribution in [-0.2, 0) is 6.42 Å². The van der Waals surface area contributed by atoms with Crippen LogP contribution in [0.1, 0.15) is 57.3 Å². The quantitative estimate of drug-likeness (QED) is 0.883. The highest BCUT2D eigenvalue weighted by atomic mass is 16.5. The Hall–Kier alpha value is -1.32. The van der Waals surface area contributed by atoms with E-state index >= 15 is 0 Å². The third-order valence-corrected chi connectivity index (χ3v) is 3.64. The highest BCUT2D eigenvalue weighted by Gasteiger charge is 2.18. The second-order valence-electron chi connectivity index (χ2n) is 5.18. The molecule has 2 rings (SSSR count). The Morgan fingerprint density at radius 2 is 1.89 bits per heavy atom. The molecule has 0 saturated heterocycles. The van der Waals surface area contributed by atoms with E-state index < -0.39 is 0 Å². The fourth-order valence-corrected chi connectivity index (χ4v) is 2.49. The lowest BCUT2D eigenvalue weighted by atomic mass is 9.98. The molecular weight excluding hydrogens is 238 g/mol. The van der Waals surface area contributed by atoms with E-state index in [1.54, 1.807) is 0 Å². The Morgan fingerprint density at radius 3 is 2.53 bits per heavy atom. The van der Waals surface area contributed by atoms with Crippen molar-refractivity contribution in [1.82, 2.24) is 9.97 Å². The summed E-state index contributed by atoms with van der Waals surface area (Å²) in [5.41, 5.74) is 1.03. The van der Waals surface area contributed by atoms with E-state index in [1.807, 2.05) is 6.92 Å². The molecule has 1 saturated carbocycles. The summed E-state index contributed by atoms with van der Waals surface area (Å²) >= 11 is 0. The van der Waals surface area contributed by atoms with Crippen molar-refractivity contribution >= 4 is 5.82 Å². The zero-order valence-corrected chi connectivity index (χ0v) is 12.3. The van der Waals surface area contributed by atoms with Crippen LogP contribution in [0, 0.1) is 6.92 Å². The molecule has 0 amide bonds. The molecule has 0 unspecified atom stereocenters. The summed E-state index contributed by atoms with van der Waals surface area (Å²) in [4.78, 5) is 9.09. The average Bonchev–Trinajstić information content (AvgIpc) is 2.44. The predicted octanol–water partition coefficient (Wildman–Crippen LogP) is 3.49. The molecule has 0 atom stereocenters. The number of aromatic nitrogens is 2. The fraction of sp³-hybridized carbons (Fsp3) is 0.733. The van der Waals surface area contributed by atoms with Gasteiger partial charge in [-0.3, -0.25) is 0 Å². The van der Waals surface area contributed by atoms with E-state index in [0.29, 0.717) is 6.10 Å². The van der Waals surface area contributed by atoms with Crippen molar-refractivity contribution in [3.05, 3.63) is 11.4 Å². The number of hydrogen-bond acceptors (Lipinski definition) is 4. The topological polar surface area (TPSA) is 47.0 Å². The van der Waals surface area contributed by atoms with Crippen molar-refractivity contribution in [3.63, 3.8) is 0 Å². The summed E-state index contributed by atoms with van der Waals surface area (Å²) < 4.78 is 6.12. The van der Waals surface area contributed by atoms with E-state index in [4.69, 9.17) is 4.74 Å². The lowest BCUT2D eigenvalue weighted by Crippen LogP contribution is -2.21. The van der Waals surface area contributed by atoms with Crippen LogP contribution in [-0.4, -0.2) is 22.6 Å². The Balaban J connectivity index is 2.19. The molecule has 1 heterocycles. The molecule has 1 aromatic rings. The smallest absolute Gasteiger partial charge is 0.222 e. The lowest BCUT2D eigenvalue weighted by molar-refractivity contribution is 0.147. The second-order valence-corrected chi connectivity index (χ2v) is 5.18. The number of aryl methyl sites for hydroxylation is 1. The van der Waals surface area contributed by atoms with Crippen molar-refractivity contribution in [2.24, 2.45) is 0 Å². The van der Waals surface area contributed by atoms with Gasteiger partial charge in [-0.2, -0.15) is 4.98 Å². The van der Waals surface area contributed by atoms with E-state index in [9.17, 15) is 0 Å². The minimum atomic E-state index is 0.335. The van der Waals surface area contributed by atoms with Crippen LogP contribution < -0.4 is 10.1 Å². The van der Waals surface area contributed by atoms with Crippen LogP contribution in [0.15, 0.2) is 0 Å². The molecule has 1 aliphatic carbocycles. The average molecular weight is 263 g/mol. The number of anilines is 1. The molecule has 4 heteroatoms. The van der Waals surface area contributed by atoms with Gasteiger partial charge in [0.05, 0.1) is 5.56 Å². The molecule has 4 nitrogen and oxygen atoms in total. The Labute approximate surface area is 116 Å². The molecule has 106 valence electrons. The molecule has 1 aromatic heterocycles. The van der Waals surface area contributed by atoms with Gasteiger partial charge in [-0.25, -0.2) is 4.98 Å². The normalized spacial score (nSPS) is 16.4. The van der Waals surface area contributed by atoms with E-state index in [0.717, 1.165) is 48.9 Å².